The van der Waals surface area contributed by atoms with Gasteiger partial charge in [-0.15, -0.1) is 0 Å². The van der Waals surface area contributed by atoms with E-state index in [-0.39, 0.29) is 6.04 Å². The van der Waals surface area contributed by atoms with Crippen molar-refractivity contribution in [3.05, 3.63) is 36.0 Å². The summed E-state index contributed by atoms with van der Waals surface area (Å²) < 4.78 is 29.4. The molecule has 0 saturated carbocycles. The third kappa shape index (κ3) is 3.85. The number of para-hydroxylation sites is 1. The minimum absolute atomic E-state index is 0.0556. The molecule has 7 nitrogen and oxygen atoms in total. The van der Waals surface area contributed by atoms with E-state index in [9.17, 15) is 8.42 Å². The Bertz CT molecular complexity index is 826. The van der Waals surface area contributed by atoms with Crippen LogP contribution in [0, 0.1) is 0 Å². The number of nitrogens with zero attached hydrogens (tertiary/aromatic N) is 4. The van der Waals surface area contributed by atoms with Crippen LogP contribution in [0.5, 0.6) is 0 Å². The van der Waals surface area contributed by atoms with Crippen LogP contribution >= 0.6 is 0 Å². The highest BCUT2D eigenvalue weighted by Gasteiger charge is 2.27. The molecule has 2 heterocycles. The number of aromatic nitrogens is 2. The summed E-state index contributed by atoms with van der Waals surface area (Å²) in [6.07, 6.45) is 2.01. The summed E-state index contributed by atoms with van der Waals surface area (Å²) in [5.41, 5.74) is 0.781. The molecule has 1 aliphatic heterocycles. The Morgan fingerprint density at radius 2 is 1.88 bits per heavy atom. The highest BCUT2D eigenvalue weighted by atomic mass is 32.2. The fraction of sp³-hybridized carbons (Fsp3) is 0.529. The molecule has 0 spiro atoms. The average molecular weight is 364 g/mol. The molecule has 1 aromatic heterocycles. The first-order valence-corrected chi connectivity index (χ1v) is 10.4. The molecule has 0 aliphatic carbocycles. The first-order valence-electron chi connectivity index (χ1n) is 8.50. The van der Waals surface area contributed by atoms with Gasteiger partial charge >= 0.3 is 0 Å². The molecule has 1 atom stereocenters. The van der Waals surface area contributed by atoms with Crippen LogP contribution in [0.4, 0.5) is 5.69 Å². The fourth-order valence-corrected chi connectivity index (χ4v) is 4.02. The molecular formula is C17H24N4O3S. The normalized spacial score (nSPS) is 17.6. The van der Waals surface area contributed by atoms with E-state index in [0.717, 1.165) is 44.1 Å². The van der Waals surface area contributed by atoms with Gasteiger partial charge in [-0.3, -0.25) is 4.90 Å². The Labute approximate surface area is 148 Å². The predicted molar refractivity (Wildman–Crippen MR) is 95.4 cm³/mol. The van der Waals surface area contributed by atoms with Gasteiger partial charge in [-0.25, -0.2) is 8.42 Å². The van der Waals surface area contributed by atoms with Crippen LogP contribution < -0.4 is 4.90 Å². The summed E-state index contributed by atoms with van der Waals surface area (Å²) in [5.74, 6) is 1.37. The Morgan fingerprint density at radius 3 is 2.48 bits per heavy atom. The van der Waals surface area contributed by atoms with E-state index >= 15 is 0 Å². The Morgan fingerprint density at radius 1 is 1.20 bits per heavy atom. The lowest BCUT2D eigenvalue weighted by Crippen LogP contribution is -2.47. The summed E-state index contributed by atoms with van der Waals surface area (Å²) in [6, 6.07) is 7.24. The Kier molecular flexibility index (Phi) is 5.10. The summed E-state index contributed by atoms with van der Waals surface area (Å²) in [6.45, 7) is 7.19. The van der Waals surface area contributed by atoms with Crippen molar-refractivity contribution in [2.75, 3.05) is 37.3 Å². The van der Waals surface area contributed by atoms with E-state index in [1.807, 2.05) is 19.1 Å². The van der Waals surface area contributed by atoms with Gasteiger partial charge in [0.25, 0.3) is 0 Å². The number of sulfone groups is 1. The van der Waals surface area contributed by atoms with Gasteiger partial charge in [-0.1, -0.05) is 24.2 Å². The van der Waals surface area contributed by atoms with E-state index in [2.05, 4.69) is 26.9 Å². The standard InChI is InChI=1S/C17H24N4O3S/c1-4-16-18-17(24-19-16)13(2)20-9-11-21(12-10-20)14-7-5-6-8-15(14)25(3,22)23/h5-8,13H,4,9-12H2,1-3H3. The summed E-state index contributed by atoms with van der Waals surface area (Å²) >= 11 is 0. The molecule has 1 saturated heterocycles. The molecule has 1 aromatic carbocycles. The highest BCUT2D eigenvalue weighted by Crippen LogP contribution is 2.27. The molecule has 136 valence electrons. The number of aryl methyl sites for hydroxylation is 1. The molecule has 1 unspecified atom stereocenters. The van der Waals surface area contributed by atoms with Crippen molar-refractivity contribution in [1.29, 1.82) is 0 Å². The van der Waals surface area contributed by atoms with Crippen LogP contribution in [-0.4, -0.2) is 55.9 Å². The van der Waals surface area contributed by atoms with Crippen LogP contribution in [0.3, 0.4) is 0 Å². The van der Waals surface area contributed by atoms with Crippen molar-refractivity contribution in [2.45, 2.75) is 31.2 Å². The Hall–Kier alpha value is -1.93. The van der Waals surface area contributed by atoms with Gasteiger partial charge in [-0.2, -0.15) is 4.98 Å². The molecule has 25 heavy (non-hydrogen) atoms. The van der Waals surface area contributed by atoms with E-state index < -0.39 is 9.84 Å². The highest BCUT2D eigenvalue weighted by molar-refractivity contribution is 7.90. The van der Waals surface area contributed by atoms with Gasteiger partial charge in [0.15, 0.2) is 15.7 Å². The lowest BCUT2D eigenvalue weighted by Gasteiger charge is -2.38. The van der Waals surface area contributed by atoms with Gasteiger partial charge < -0.3 is 9.42 Å². The van der Waals surface area contributed by atoms with Crippen LogP contribution in [0.15, 0.2) is 33.7 Å². The molecule has 0 radical (unpaired) electrons. The zero-order valence-electron chi connectivity index (χ0n) is 14.8. The second-order valence-corrected chi connectivity index (χ2v) is 8.33. The number of piperazine rings is 1. The third-order valence-corrected chi connectivity index (χ3v) is 5.77. The zero-order valence-corrected chi connectivity index (χ0v) is 15.7. The molecule has 2 aromatic rings. The predicted octanol–water partition coefficient (Wildman–Crippen LogP) is 1.92. The molecule has 0 bridgehead atoms. The largest absolute Gasteiger partial charge is 0.368 e. The number of benzene rings is 1. The summed E-state index contributed by atoms with van der Waals surface area (Å²) in [7, 11) is -3.24. The number of anilines is 1. The topological polar surface area (TPSA) is 79.5 Å². The number of rotatable bonds is 5. The van der Waals surface area contributed by atoms with Gasteiger partial charge in [0.05, 0.1) is 16.6 Å². The molecule has 0 N–H and O–H groups in total. The van der Waals surface area contributed by atoms with E-state index in [4.69, 9.17) is 4.52 Å². The van der Waals surface area contributed by atoms with Crippen molar-refractivity contribution in [1.82, 2.24) is 15.0 Å². The maximum atomic E-state index is 12.0. The number of hydrogen-bond donors (Lipinski definition) is 0. The van der Waals surface area contributed by atoms with Gasteiger partial charge in [-0.05, 0) is 19.1 Å². The van der Waals surface area contributed by atoms with E-state index in [1.165, 1.54) is 6.26 Å². The van der Waals surface area contributed by atoms with Gasteiger partial charge in [0, 0.05) is 38.9 Å². The molecular weight excluding hydrogens is 340 g/mol. The SMILES string of the molecule is CCc1noc(C(C)N2CCN(c3ccccc3S(C)(=O)=O)CC2)n1. The quantitative estimate of drug-likeness (QED) is 0.802. The second-order valence-electron chi connectivity index (χ2n) is 6.34. The molecule has 8 heteroatoms. The minimum Gasteiger partial charge on any atom is -0.368 e. The van der Waals surface area contributed by atoms with Crippen LogP contribution in [0.2, 0.25) is 0 Å². The summed E-state index contributed by atoms with van der Waals surface area (Å²) in [5, 5.41) is 3.96. The molecule has 1 aliphatic rings. The fourth-order valence-electron chi connectivity index (χ4n) is 3.12. The lowest BCUT2D eigenvalue weighted by molar-refractivity contribution is 0.164. The molecule has 1 fully saturated rings. The first kappa shape index (κ1) is 17.9. The van der Waals surface area contributed by atoms with Crippen molar-refractivity contribution in [3.63, 3.8) is 0 Å². The van der Waals surface area contributed by atoms with Gasteiger partial charge in [0.2, 0.25) is 5.89 Å². The summed E-state index contributed by atoms with van der Waals surface area (Å²) in [4.78, 5) is 9.22. The van der Waals surface area contributed by atoms with Crippen LogP contribution in [-0.2, 0) is 16.3 Å². The monoisotopic (exact) mass is 364 g/mol. The maximum Gasteiger partial charge on any atom is 0.243 e. The smallest absolute Gasteiger partial charge is 0.243 e. The van der Waals surface area contributed by atoms with E-state index in [1.54, 1.807) is 12.1 Å². The molecule has 3 rings (SSSR count). The minimum atomic E-state index is -3.24. The Balaban J connectivity index is 1.70. The van der Waals surface area contributed by atoms with Crippen molar-refractivity contribution >= 4 is 15.5 Å². The average Bonchev–Trinajstić information content (AvgIpc) is 3.10. The maximum absolute atomic E-state index is 12.0. The second kappa shape index (κ2) is 7.13. The lowest BCUT2D eigenvalue weighted by atomic mass is 10.2. The first-order chi connectivity index (χ1) is 11.9. The van der Waals surface area contributed by atoms with E-state index in [0.29, 0.717) is 10.8 Å². The van der Waals surface area contributed by atoms with Crippen LogP contribution in [0.25, 0.3) is 0 Å². The number of hydrogen-bond acceptors (Lipinski definition) is 7. The molecule has 0 amide bonds. The third-order valence-electron chi connectivity index (χ3n) is 4.62. The van der Waals surface area contributed by atoms with Crippen LogP contribution in [0.1, 0.15) is 31.6 Å². The van der Waals surface area contributed by atoms with Crippen molar-refractivity contribution < 1.29 is 12.9 Å². The zero-order chi connectivity index (χ0) is 18.0. The van der Waals surface area contributed by atoms with Crippen molar-refractivity contribution in [2.24, 2.45) is 0 Å². The van der Waals surface area contributed by atoms with Gasteiger partial charge in [0.1, 0.15) is 0 Å². The van der Waals surface area contributed by atoms with Crippen molar-refractivity contribution in [3.8, 4) is 0 Å².